The fourth-order valence-corrected chi connectivity index (χ4v) is 3.17. The Morgan fingerprint density at radius 1 is 1.10 bits per heavy atom. The van der Waals surface area contributed by atoms with Gasteiger partial charge >= 0.3 is 0 Å². The Balaban J connectivity index is 1.53. The van der Waals surface area contributed by atoms with Crippen LogP contribution in [-0.2, 0) is 4.79 Å². The third kappa shape index (κ3) is 4.27. The molecule has 6 nitrogen and oxygen atoms in total. The first-order valence-corrected chi connectivity index (χ1v) is 9.29. The highest BCUT2D eigenvalue weighted by molar-refractivity contribution is 5.92. The summed E-state index contributed by atoms with van der Waals surface area (Å²) in [6.45, 7) is 0.959. The Hall–Kier alpha value is -3.67. The number of furan rings is 1. The van der Waals surface area contributed by atoms with E-state index in [0.29, 0.717) is 36.2 Å². The van der Waals surface area contributed by atoms with Crippen LogP contribution in [0.15, 0.2) is 71.4 Å². The predicted molar refractivity (Wildman–Crippen MR) is 108 cm³/mol. The standard InChI is InChI=1S/C23H21NO5/c1-26-19-14-16(15-20-23(19)29-13-12-28-20)9-10-21(25)24-22(18-8-5-11-27-18)17-6-3-2-4-7-17/h2-11,14-15,22H,12-13H2,1H3,(H,24,25)/b10-9+. The van der Waals surface area contributed by atoms with E-state index in [2.05, 4.69) is 5.32 Å². The molecule has 2 aromatic carbocycles. The minimum Gasteiger partial charge on any atom is -0.493 e. The van der Waals surface area contributed by atoms with Crippen LogP contribution in [0.2, 0.25) is 0 Å². The minimum atomic E-state index is -0.377. The Bertz CT molecular complexity index is 978. The van der Waals surface area contributed by atoms with Crippen molar-refractivity contribution in [1.82, 2.24) is 5.32 Å². The van der Waals surface area contributed by atoms with Crippen LogP contribution in [0.4, 0.5) is 0 Å². The zero-order chi connectivity index (χ0) is 20.1. The van der Waals surface area contributed by atoms with Crippen LogP contribution in [0, 0.1) is 0 Å². The molecule has 0 radical (unpaired) electrons. The number of nitrogens with one attached hydrogen (secondary N) is 1. The zero-order valence-electron chi connectivity index (χ0n) is 16.0. The van der Waals surface area contributed by atoms with Crippen molar-refractivity contribution >= 4 is 12.0 Å². The summed E-state index contributed by atoms with van der Waals surface area (Å²) in [7, 11) is 1.57. The third-order valence-electron chi connectivity index (χ3n) is 4.52. The molecule has 3 aromatic rings. The molecule has 29 heavy (non-hydrogen) atoms. The fourth-order valence-electron chi connectivity index (χ4n) is 3.17. The second-order valence-corrected chi connectivity index (χ2v) is 6.45. The van der Waals surface area contributed by atoms with Crippen LogP contribution >= 0.6 is 0 Å². The molecular formula is C23H21NO5. The van der Waals surface area contributed by atoms with Gasteiger partial charge in [0.2, 0.25) is 11.7 Å². The van der Waals surface area contributed by atoms with Gasteiger partial charge < -0.3 is 23.9 Å². The fraction of sp³-hybridized carbons (Fsp3) is 0.174. The molecule has 148 valence electrons. The van der Waals surface area contributed by atoms with E-state index in [1.54, 1.807) is 31.6 Å². The van der Waals surface area contributed by atoms with Crippen LogP contribution in [0.3, 0.4) is 0 Å². The summed E-state index contributed by atoms with van der Waals surface area (Å²) in [6, 6.07) is 16.6. The van der Waals surface area contributed by atoms with Crippen molar-refractivity contribution in [2.75, 3.05) is 20.3 Å². The molecule has 6 heteroatoms. The van der Waals surface area contributed by atoms with E-state index in [4.69, 9.17) is 18.6 Å². The average Bonchev–Trinajstić information content (AvgIpc) is 3.30. The van der Waals surface area contributed by atoms with Gasteiger partial charge in [-0.05, 0) is 41.5 Å². The number of carbonyl (C=O) groups excluding carboxylic acids is 1. The van der Waals surface area contributed by atoms with Gasteiger partial charge in [-0.25, -0.2) is 0 Å². The second-order valence-electron chi connectivity index (χ2n) is 6.45. The number of methoxy groups -OCH3 is 1. The summed E-state index contributed by atoms with van der Waals surface area (Å²) in [4.78, 5) is 12.6. The number of ether oxygens (including phenoxy) is 3. The van der Waals surface area contributed by atoms with Crippen molar-refractivity contribution in [3.8, 4) is 17.2 Å². The molecule has 1 amide bonds. The monoisotopic (exact) mass is 391 g/mol. The Kier molecular flexibility index (Phi) is 5.52. The quantitative estimate of drug-likeness (QED) is 0.644. The number of hydrogen-bond acceptors (Lipinski definition) is 5. The van der Waals surface area contributed by atoms with Gasteiger partial charge in [-0.15, -0.1) is 0 Å². The number of fused-ring (bicyclic) bond motifs is 1. The highest BCUT2D eigenvalue weighted by Crippen LogP contribution is 2.40. The van der Waals surface area contributed by atoms with Crippen LogP contribution < -0.4 is 19.5 Å². The largest absolute Gasteiger partial charge is 0.493 e. The van der Waals surface area contributed by atoms with E-state index < -0.39 is 0 Å². The third-order valence-corrected chi connectivity index (χ3v) is 4.52. The average molecular weight is 391 g/mol. The van der Waals surface area contributed by atoms with Gasteiger partial charge in [-0.3, -0.25) is 4.79 Å². The van der Waals surface area contributed by atoms with Gasteiger partial charge in [0.1, 0.15) is 25.0 Å². The van der Waals surface area contributed by atoms with Crippen LogP contribution in [0.5, 0.6) is 17.2 Å². The highest BCUT2D eigenvalue weighted by atomic mass is 16.6. The predicted octanol–water partition coefficient (Wildman–Crippen LogP) is 3.98. The number of benzene rings is 2. The molecule has 1 aliphatic heterocycles. The molecule has 4 rings (SSSR count). The van der Waals surface area contributed by atoms with Crippen molar-refractivity contribution in [2.45, 2.75) is 6.04 Å². The molecule has 1 unspecified atom stereocenters. The normalized spacial score (nSPS) is 13.8. The Morgan fingerprint density at radius 2 is 1.93 bits per heavy atom. The first-order chi connectivity index (χ1) is 14.2. The topological polar surface area (TPSA) is 69.9 Å². The smallest absolute Gasteiger partial charge is 0.244 e. The first kappa shape index (κ1) is 18.7. The number of rotatable bonds is 6. The Labute approximate surface area is 168 Å². The lowest BCUT2D eigenvalue weighted by Crippen LogP contribution is -2.27. The van der Waals surface area contributed by atoms with Crippen LogP contribution in [0.1, 0.15) is 22.9 Å². The number of amides is 1. The maximum Gasteiger partial charge on any atom is 0.244 e. The number of carbonyl (C=O) groups is 1. The van der Waals surface area contributed by atoms with Gasteiger partial charge in [-0.1, -0.05) is 30.3 Å². The zero-order valence-corrected chi connectivity index (χ0v) is 16.0. The van der Waals surface area contributed by atoms with Crippen molar-refractivity contribution < 1.29 is 23.4 Å². The Morgan fingerprint density at radius 3 is 2.69 bits per heavy atom. The molecule has 1 N–H and O–H groups in total. The van der Waals surface area contributed by atoms with E-state index in [-0.39, 0.29) is 11.9 Å². The molecule has 1 aliphatic rings. The van der Waals surface area contributed by atoms with E-state index in [9.17, 15) is 4.79 Å². The molecule has 0 fully saturated rings. The lowest BCUT2D eigenvalue weighted by Gasteiger charge is -2.21. The van der Waals surface area contributed by atoms with Crippen molar-refractivity contribution in [3.05, 3.63) is 83.8 Å². The van der Waals surface area contributed by atoms with Gasteiger partial charge in [0.05, 0.1) is 13.4 Å². The van der Waals surface area contributed by atoms with Gasteiger partial charge in [-0.2, -0.15) is 0 Å². The van der Waals surface area contributed by atoms with Crippen LogP contribution in [-0.4, -0.2) is 26.2 Å². The summed E-state index contributed by atoms with van der Waals surface area (Å²) in [5.74, 6) is 2.18. The van der Waals surface area contributed by atoms with Crippen molar-refractivity contribution in [2.24, 2.45) is 0 Å². The van der Waals surface area contributed by atoms with Gasteiger partial charge in [0.25, 0.3) is 0 Å². The molecule has 1 aromatic heterocycles. The molecule has 0 bridgehead atoms. The van der Waals surface area contributed by atoms with Gasteiger partial charge in [0.15, 0.2) is 11.5 Å². The van der Waals surface area contributed by atoms with E-state index >= 15 is 0 Å². The van der Waals surface area contributed by atoms with Gasteiger partial charge in [0, 0.05) is 6.08 Å². The summed E-state index contributed by atoms with van der Waals surface area (Å²) in [5.41, 5.74) is 1.71. The summed E-state index contributed by atoms with van der Waals surface area (Å²) in [6.07, 6.45) is 4.78. The molecule has 2 heterocycles. The maximum atomic E-state index is 12.6. The first-order valence-electron chi connectivity index (χ1n) is 9.29. The maximum absolute atomic E-state index is 12.6. The number of hydrogen-bond donors (Lipinski definition) is 1. The molecule has 0 aliphatic carbocycles. The SMILES string of the molecule is COc1cc(/C=C/C(=O)NC(c2ccccc2)c2ccco2)cc2c1OCCO2. The summed E-state index contributed by atoms with van der Waals surface area (Å²) >= 11 is 0. The summed E-state index contributed by atoms with van der Waals surface area (Å²) < 4.78 is 22.1. The van der Waals surface area contributed by atoms with Crippen molar-refractivity contribution in [3.63, 3.8) is 0 Å². The second kappa shape index (κ2) is 8.56. The lowest BCUT2D eigenvalue weighted by molar-refractivity contribution is -0.117. The van der Waals surface area contributed by atoms with E-state index in [0.717, 1.165) is 11.1 Å². The van der Waals surface area contributed by atoms with E-state index in [1.807, 2.05) is 42.5 Å². The lowest BCUT2D eigenvalue weighted by atomic mass is 10.0. The molecular weight excluding hydrogens is 370 g/mol. The highest BCUT2D eigenvalue weighted by Gasteiger charge is 2.19. The minimum absolute atomic E-state index is 0.246. The molecule has 0 saturated carbocycles. The molecule has 0 saturated heterocycles. The van der Waals surface area contributed by atoms with Crippen molar-refractivity contribution in [1.29, 1.82) is 0 Å². The van der Waals surface area contributed by atoms with E-state index in [1.165, 1.54) is 6.08 Å². The summed E-state index contributed by atoms with van der Waals surface area (Å²) in [5, 5.41) is 2.99. The van der Waals surface area contributed by atoms with Crippen LogP contribution in [0.25, 0.3) is 6.08 Å². The molecule has 1 atom stereocenters. The molecule has 0 spiro atoms.